The van der Waals surface area contributed by atoms with E-state index in [2.05, 4.69) is 31.4 Å². The number of anilines is 1. The van der Waals surface area contributed by atoms with Crippen LogP contribution in [0, 0.1) is 0 Å². The Hall–Kier alpha value is -1.83. The van der Waals surface area contributed by atoms with Crippen LogP contribution in [0.3, 0.4) is 0 Å². The Morgan fingerprint density at radius 2 is 2.14 bits per heavy atom. The van der Waals surface area contributed by atoms with Crippen LogP contribution in [0.25, 0.3) is 0 Å². The fourth-order valence-corrected chi connectivity index (χ4v) is 2.25. The lowest BCUT2D eigenvalue weighted by atomic mass is 10.1. The van der Waals surface area contributed by atoms with Crippen molar-refractivity contribution in [2.24, 2.45) is 0 Å². The lowest BCUT2D eigenvalue weighted by Gasteiger charge is -2.08. The van der Waals surface area contributed by atoms with Crippen LogP contribution in [0.4, 0.5) is 19.0 Å². The molecule has 0 atom stereocenters. The Morgan fingerprint density at radius 1 is 1.43 bits per heavy atom. The lowest BCUT2D eigenvalue weighted by molar-refractivity contribution is -0.137. The van der Waals surface area contributed by atoms with E-state index in [4.69, 9.17) is 0 Å². The first-order chi connectivity index (χ1) is 9.82. The van der Waals surface area contributed by atoms with Crippen LogP contribution in [0.15, 0.2) is 28.7 Å². The van der Waals surface area contributed by atoms with E-state index in [1.165, 1.54) is 12.1 Å². The Kier molecular flexibility index (Phi) is 4.36. The van der Waals surface area contributed by atoms with Gasteiger partial charge in [0, 0.05) is 5.56 Å². The number of hydrogen-bond acceptors (Lipinski definition) is 2. The van der Waals surface area contributed by atoms with Crippen molar-refractivity contribution in [1.82, 2.24) is 10.2 Å². The molecular formula is C13H11BrF3N3O. The average Bonchev–Trinajstić information content (AvgIpc) is 2.79. The number of nitrogens with zero attached hydrogens (tertiary/aromatic N) is 1. The number of amides is 1. The van der Waals surface area contributed by atoms with E-state index >= 15 is 0 Å². The highest BCUT2D eigenvalue weighted by atomic mass is 79.9. The second-order valence-corrected chi connectivity index (χ2v) is 5.04. The summed E-state index contributed by atoms with van der Waals surface area (Å²) in [6.07, 6.45) is -3.81. The number of aromatic nitrogens is 2. The van der Waals surface area contributed by atoms with Gasteiger partial charge in [-0.2, -0.15) is 18.3 Å². The summed E-state index contributed by atoms with van der Waals surface area (Å²) >= 11 is 3.27. The standard InChI is InChI=1S/C13H11BrF3N3O/c1-2-9-10(14)11(20-19-9)18-12(21)7-4-3-5-8(6-7)13(15,16)17/h3-6H,2H2,1H3,(H2,18,19,20,21). The molecule has 1 aromatic carbocycles. The Labute approximate surface area is 126 Å². The van der Waals surface area contributed by atoms with Gasteiger partial charge < -0.3 is 5.32 Å². The molecule has 0 saturated carbocycles. The van der Waals surface area contributed by atoms with Crippen molar-refractivity contribution >= 4 is 27.7 Å². The van der Waals surface area contributed by atoms with E-state index in [9.17, 15) is 18.0 Å². The molecule has 0 radical (unpaired) electrons. The smallest absolute Gasteiger partial charge is 0.304 e. The second kappa shape index (κ2) is 5.88. The minimum atomic E-state index is -4.49. The zero-order valence-corrected chi connectivity index (χ0v) is 12.5. The molecule has 1 heterocycles. The van der Waals surface area contributed by atoms with Gasteiger partial charge in [0.25, 0.3) is 5.91 Å². The third-order valence-electron chi connectivity index (χ3n) is 2.81. The molecule has 0 aliphatic heterocycles. The monoisotopic (exact) mass is 361 g/mol. The molecule has 2 rings (SSSR count). The van der Waals surface area contributed by atoms with Gasteiger partial charge in [-0.25, -0.2) is 0 Å². The van der Waals surface area contributed by atoms with Gasteiger partial charge in [-0.05, 0) is 40.5 Å². The maximum atomic E-state index is 12.6. The van der Waals surface area contributed by atoms with Gasteiger partial charge >= 0.3 is 6.18 Å². The number of nitrogens with one attached hydrogen (secondary N) is 2. The van der Waals surface area contributed by atoms with Gasteiger partial charge in [-0.3, -0.25) is 9.89 Å². The number of alkyl halides is 3. The van der Waals surface area contributed by atoms with Gasteiger partial charge in [0.05, 0.1) is 15.7 Å². The molecule has 1 aromatic heterocycles. The van der Waals surface area contributed by atoms with Crippen LogP contribution in [0.1, 0.15) is 28.5 Å². The van der Waals surface area contributed by atoms with Crippen LogP contribution in [-0.2, 0) is 12.6 Å². The van der Waals surface area contributed by atoms with Crippen molar-refractivity contribution in [3.63, 3.8) is 0 Å². The van der Waals surface area contributed by atoms with Gasteiger partial charge in [0.15, 0.2) is 5.82 Å². The van der Waals surface area contributed by atoms with Crippen molar-refractivity contribution in [3.8, 4) is 0 Å². The number of aromatic amines is 1. The summed E-state index contributed by atoms with van der Waals surface area (Å²) in [6, 6.07) is 4.22. The number of halogens is 4. The Balaban J connectivity index is 2.22. The van der Waals surface area contributed by atoms with E-state index in [-0.39, 0.29) is 11.4 Å². The molecule has 21 heavy (non-hydrogen) atoms. The quantitative estimate of drug-likeness (QED) is 0.867. The number of rotatable bonds is 3. The molecule has 0 aliphatic carbocycles. The summed E-state index contributed by atoms with van der Waals surface area (Å²) in [5.74, 6) is -0.412. The third kappa shape index (κ3) is 3.44. The Morgan fingerprint density at radius 3 is 2.71 bits per heavy atom. The summed E-state index contributed by atoms with van der Waals surface area (Å²) in [5.41, 5.74) is -0.169. The third-order valence-corrected chi connectivity index (χ3v) is 3.67. The average molecular weight is 362 g/mol. The zero-order valence-electron chi connectivity index (χ0n) is 10.9. The van der Waals surface area contributed by atoms with Crippen LogP contribution in [0.5, 0.6) is 0 Å². The predicted molar refractivity (Wildman–Crippen MR) is 75.1 cm³/mol. The summed E-state index contributed by atoms with van der Waals surface area (Å²) in [4.78, 5) is 12.0. The first-order valence-electron chi connectivity index (χ1n) is 6.04. The molecule has 8 heteroatoms. The number of carbonyl (C=O) groups is 1. The fourth-order valence-electron chi connectivity index (χ4n) is 1.70. The van der Waals surface area contributed by atoms with E-state index in [0.29, 0.717) is 10.9 Å². The highest BCUT2D eigenvalue weighted by molar-refractivity contribution is 9.10. The summed E-state index contributed by atoms with van der Waals surface area (Å²) < 4.78 is 38.4. The van der Waals surface area contributed by atoms with Crippen molar-refractivity contribution in [2.45, 2.75) is 19.5 Å². The molecule has 4 nitrogen and oxygen atoms in total. The van der Waals surface area contributed by atoms with Crippen LogP contribution >= 0.6 is 15.9 Å². The van der Waals surface area contributed by atoms with Crippen molar-refractivity contribution in [1.29, 1.82) is 0 Å². The number of H-pyrrole nitrogens is 1. The number of benzene rings is 1. The minimum absolute atomic E-state index is 0.0854. The van der Waals surface area contributed by atoms with E-state index in [1.54, 1.807) is 0 Å². The van der Waals surface area contributed by atoms with Gasteiger partial charge in [-0.1, -0.05) is 13.0 Å². The molecule has 0 fully saturated rings. The maximum Gasteiger partial charge on any atom is 0.416 e. The van der Waals surface area contributed by atoms with E-state index in [1.807, 2.05) is 6.92 Å². The first-order valence-corrected chi connectivity index (χ1v) is 6.83. The molecule has 0 unspecified atom stereocenters. The first kappa shape index (κ1) is 15.6. The maximum absolute atomic E-state index is 12.6. The highest BCUT2D eigenvalue weighted by Crippen LogP contribution is 2.30. The number of aryl methyl sites for hydroxylation is 1. The molecule has 2 aromatic rings. The molecule has 0 spiro atoms. The van der Waals surface area contributed by atoms with Gasteiger partial charge in [-0.15, -0.1) is 0 Å². The lowest BCUT2D eigenvalue weighted by Crippen LogP contribution is -2.14. The molecule has 0 aliphatic rings. The minimum Gasteiger partial charge on any atom is -0.304 e. The van der Waals surface area contributed by atoms with Crippen molar-refractivity contribution in [2.75, 3.05) is 5.32 Å². The Bertz CT molecular complexity index is 667. The molecule has 2 N–H and O–H groups in total. The molecule has 0 saturated heterocycles. The van der Waals surface area contributed by atoms with E-state index < -0.39 is 17.6 Å². The number of carbonyl (C=O) groups excluding carboxylic acids is 1. The van der Waals surface area contributed by atoms with Crippen molar-refractivity contribution < 1.29 is 18.0 Å². The fraction of sp³-hybridized carbons (Fsp3) is 0.231. The van der Waals surface area contributed by atoms with E-state index in [0.717, 1.165) is 17.8 Å². The molecule has 1 amide bonds. The van der Waals surface area contributed by atoms with Crippen LogP contribution in [0.2, 0.25) is 0 Å². The second-order valence-electron chi connectivity index (χ2n) is 4.25. The van der Waals surface area contributed by atoms with Crippen LogP contribution < -0.4 is 5.32 Å². The molecule has 0 bridgehead atoms. The van der Waals surface area contributed by atoms with Crippen LogP contribution in [-0.4, -0.2) is 16.1 Å². The summed E-state index contributed by atoms with van der Waals surface area (Å²) in [5, 5.41) is 9.09. The SMILES string of the molecule is CCc1[nH]nc(NC(=O)c2cccc(C(F)(F)F)c2)c1Br. The largest absolute Gasteiger partial charge is 0.416 e. The molecular weight excluding hydrogens is 351 g/mol. The predicted octanol–water partition coefficient (Wildman–Crippen LogP) is 4.01. The highest BCUT2D eigenvalue weighted by Gasteiger charge is 2.31. The van der Waals surface area contributed by atoms with Crippen molar-refractivity contribution in [3.05, 3.63) is 45.6 Å². The summed E-state index contributed by atoms with van der Waals surface area (Å²) in [6.45, 7) is 1.90. The normalized spacial score (nSPS) is 11.5. The number of hydrogen-bond donors (Lipinski definition) is 2. The topological polar surface area (TPSA) is 57.8 Å². The summed E-state index contributed by atoms with van der Waals surface area (Å²) in [7, 11) is 0. The van der Waals surface area contributed by atoms with Gasteiger partial charge in [0.2, 0.25) is 0 Å². The zero-order chi connectivity index (χ0) is 15.6. The van der Waals surface area contributed by atoms with Gasteiger partial charge in [0.1, 0.15) is 0 Å². The molecule has 112 valence electrons.